The topological polar surface area (TPSA) is 112 Å². The van der Waals surface area contributed by atoms with E-state index in [-0.39, 0.29) is 22.6 Å². The van der Waals surface area contributed by atoms with E-state index in [4.69, 9.17) is 0 Å². The lowest BCUT2D eigenvalue weighted by molar-refractivity contribution is -0.141. The van der Waals surface area contributed by atoms with Crippen molar-refractivity contribution in [2.75, 3.05) is 13.1 Å². The van der Waals surface area contributed by atoms with Crippen LogP contribution in [0.25, 0.3) is 0 Å². The molecule has 9 heteroatoms. The number of amides is 2. The van der Waals surface area contributed by atoms with Crippen LogP contribution in [0.1, 0.15) is 40.5 Å². The molecule has 0 saturated carbocycles. The normalized spacial score (nSPS) is 21.9. The van der Waals surface area contributed by atoms with Gasteiger partial charge in [0.1, 0.15) is 10.9 Å². The average Bonchev–Trinajstić information content (AvgIpc) is 3.09. The Labute approximate surface area is 138 Å². The van der Waals surface area contributed by atoms with Crippen LogP contribution < -0.4 is 0 Å². The molecule has 1 unspecified atom stereocenters. The van der Waals surface area contributed by atoms with Gasteiger partial charge in [-0.2, -0.15) is 0 Å². The summed E-state index contributed by atoms with van der Waals surface area (Å²) in [7, 11) is -3.96. The number of hydrogen-bond donors (Lipinski definition) is 1. The molecular formula is C15H16N2O6S. The molecule has 128 valence electrons. The average molecular weight is 352 g/mol. The Bertz CT molecular complexity index is 848. The highest BCUT2D eigenvalue weighted by Gasteiger charge is 2.41. The molecule has 1 aromatic carbocycles. The first-order valence-electron chi connectivity index (χ1n) is 7.54. The quantitative estimate of drug-likeness (QED) is 0.850. The Balaban J connectivity index is 2.00. The van der Waals surface area contributed by atoms with Gasteiger partial charge in [-0.25, -0.2) is 17.5 Å². The van der Waals surface area contributed by atoms with E-state index in [2.05, 4.69) is 0 Å². The predicted molar refractivity (Wildman–Crippen MR) is 82.0 cm³/mol. The summed E-state index contributed by atoms with van der Waals surface area (Å²) < 4.78 is 25.5. The molecule has 0 bridgehead atoms. The molecule has 0 spiro atoms. The van der Waals surface area contributed by atoms with Crippen LogP contribution in [-0.4, -0.2) is 59.6 Å². The van der Waals surface area contributed by atoms with Crippen molar-refractivity contribution in [2.45, 2.75) is 30.7 Å². The first-order valence-corrected chi connectivity index (χ1v) is 8.98. The Morgan fingerprint density at radius 1 is 1.33 bits per heavy atom. The van der Waals surface area contributed by atoms with Crippen molar-refractivity contribution in [3.05, 3.63) is 29.3 Å². The summed E-state index contributed by atoms with van der Waals surface area (Å²) in [6.45, 7) is 1.86. The fourth-order valence-electron chi connectivity index (χ4n) is 3.15. The van der Waals surface area contributed by atoms with Crippen LogP contribution >= 0.6 is 0 Å². The lowest BCUT2D eigenvalue weighted by atomic mass is 10.1. The molecule has 0 aromatic heterocycles. The highest BCUT2D eigenvalue weighted by Crippen LogP contribution is 2.31. The number of fused-ring (bicyclic) bond motifs is 1. The van der Waals surface area contributed by atoms with Gasteiger partial charge >= 0.3 is 5.97 Å². The Kier molecular flexibility index (Phi) is 3.83. The van der Waals surface area contributed by atoms with Crippen LogP contribution in [0, 0.1) is 0 Å². The molecule has 8 nitrogen and oxygen atoms in total. The maximum Gasteiger partial charge on any atom is 0.326 e. The number of likely N-dealkylation sites (tertiary alicyclic amines) is 1. The van der Waals surface area contributed by atoms with Gasteiger partial charge in [0.15, 0.2) is 0 Å². The number of carboxylic acid groups (broad SMARTS) is 1. The van der Waals surface area contributed by atoms with Gasteiger partial charge in [-0.05, 0) is 38.0 Å². The monoisotopic (exact) mass is 352 g/mol. The molecule has 3 rings (SSSR count). The van der Waals surface area contributed by atoms with Crippen LogP contribution in [0.3, 0.4) is 0 Å². The van der Waals surface area contributed by atoms with Crippen molar-refractivity contribution in [2.24, 2.45) is 0 Å². The van der Waals surface area contributed by atoms with E-state index in [1.165, 1.54) is 17.0 Å². The number of rotatable bonds is 3. The molecule has 1 N–H and O–H groups in total. The van der Waals surface area contributed by atoms with Crippen LogP contribution in [0.15, 0.2) is 23.1 Å². The van der Waals surface area contributed by atoms with E-state index in [9.17, 15) is 27.9 Å². The number of nitrogens with zero attached hydrogens (tertiary/aromatic N) is 2. The number of aliphatic carboxylic acids is 1. The summed E-state index contributed by atoms with van der Waals surface area (Å²) in [5.74, 6) is -2.24. The maximum absolute atomic E-state index is 12.6. The third-order valence-electron chi connectivity index (χ3n) is 4.34. The van der Waals surface area contributed by atoms with E-state index >= 15 is 0 Å². The molecule has 24 heavy (non-hydrogen) atoms. The van der Waals surface area contributed by atoms with Gasteiger partial charge < -0.3 is 10.0 Å². The standard InChI is InChI=1S/C15H16N2O6S/c1-2-17-14(19)10-6-5-9(8-12(10)24(17,22)23)13(18)16-7-3-4-11(16)15(20)21/h5-6,8,11H,2-4,7H2,1H3,(H,20,21). The van der Waals surface area contributed by atoms with Gasteiger partial charge in [-0.15, -0.1) is 0 Å². The van der Waals surface area contributed by atoms with E-state index in [1.54, 1.807) is 6.92 Å². The van der Waals surface area contributed by atoms with Crippen LogP contribution in [0.5, 0.6) is 0 Å². The molecule has 2 aliphatic rings. The molecule has 1 fully saturated rings. The number of carbonyl (C=O) groups excluding carboxylic acids is 2. The fraction of sp³-hybridized carbons (Fsp3) is 0.400. The molecular weight excluding hydrogens is 336 g/mol. The zero-order chi connectivity index (χ0) is 17.6. The van der Waals surface area contributed by atoms with Crippen LogP contribution in [-0.2, 0) is 14.8 Å². The third kappa shape index (κ3) is 2.27. The second-order valence-electron chi connectivity index (χ2n) is 5.68. The second-order valence-corrected chi connectivity index (χ2v) is 7.51. The number of benzene rings is 1. The van der Waals surface area contributed by atoms with E-state index < -0.39 is 33.8 Å². The minimum absolute atomic E-state index is 0.00629. The van der Waals surface area contributed by atoms with Gasteiger partial charge in [-0.1, -0.05) is 0 Å². The molecule has 0 aliphatic carbocycles. The van der Waals surface area contributed by atoms with E-state index in [0.717, 1.165) is 10.4 Å². The smallest absolute Gasteiger partial charge is 0.326 e. The van der Waals surface area contributed by atoms with Crippen molar-refractivity contribution in [1.29, 1.82) is 0 Å². The van der Waals surface area contributed by atoms with Crippen LogP contribution in [0.2, 0.25) is 0 Å². The van der Waals surface area contributed by atoms with Gasteiger partial charge in [0.05, 0.1) is 5.56 Å². The van der Waals surface area contributed by atoms with Crippen molar-refractivity contribution in [3.8, 4) is 0 Å². The molecule has 1 aromatic rings. The summed E-state index contributed by atoms with van der Waals surface area (Å²) in [6.07, 6.45) is 0.945. The van der Waals surface area contributed by atoms with Crippen molar-refractivity contribution in [1.82, 2.24) is 9.21 Å². The van der Waals surface area contributed by atoms with E-state index in [0.29, 0.717) is 19.4 Å². The lowest BCUT2D eigenvalue weighted by Gasteiger charge is -2.21. The van der Waals surface area contributed by atoms with Gasteiger partial charge in [0, 0.05) is 18.7 Å². The molecule has 2 heterocycles. The number of hydrogen-bond acceptors (Lipinski definition) is 5. The summed E-state index contributed by atoms with van der Waals surface area (Å²) in [4.78, 5) is 36.9. The van der Waals surface area contributed by atoms with Gasteiger partial charge in [-0.3, -0.25) is 9.59 Å². The molecule has 0 radical (unpaired) electrons. The minimum Gasteiger partial charge on any atom is -0.480 e. The second kappa shape index (κ2) is 5.59. The highest BCUT2D eigenvalue weighted by molar-refractivity contribution is 7.90. The first kappa shape index (κ1) is 16.4. The van der Waals surface area contributed by atoms with Crippen molar-refractivity contribution >= 4 is 27.8 Å². The zero-order valence-electron chi connectivity index (χ0n) is 12.9. The lowest BCUT2D eigenvalue weighted by Crippen LogP contribution is -2.40. The summed E-state index contributed by atoms with van der Waals surface area (Å²) >= 11 is 0. The summed E-state index contributed by atoms with van der Waals surface area (Å²) in [5.41, 5.74) is 0.0980. The SMILES string of the molecule is CCN1C(=O)c2ccc(C(=O)N3CCCC3C(=O)O)cc2S1(=O)=O. The molecule has 1 atom stereocenters. The summed E-state index contributed by atoms with van der Waals surface area (Å²) in [6, 6.07) is 2.93. The maximum atomic E-state index is 12.6. The number of carboxylic acids is 1. The van der Waals surface area contributed by atoms with Crippen molar-refractivity contribution < 1.29 is 27.9 Å². The Hall–Kier alpha value is -2.42. The van der Waals surface area contributed by atoms with Gasteiger partial charge in [0.2, 0.25) is 0 Å². The largest absolute Gasteiger partial charge is 0.480 e. The highest BCUT2D eigenvalue weighted by atomic mass is 32.2. The predicted octanol–water partition coefficient (Wildman–Crippen LogP) is 0.540. The zero-order valence-corrected chi connectivity index (χ0v) is 13.7. The molecule has 2 amide bonds. The van der Waals surface area contributed by atoms with Gasteiger partial charge in [0.25, 0.3) is 21.8 Å². The Morgan fingerprint density at radius 2 is 2.04 bits per heavy atom. The molecule has 2 aliphatic heterocycles. The Morgan fingerprint density at radius 3 is 2.67 bits per heavy atom. The first-order chi connectivity index (χ1) is 11.3. The number of sulfonamides is 1. The summed E-state index contributed by atoms with van der Waals surface area (Å²) in [5, 5.41) is 9.18. The third-order valence-corrected chi connectivity index (χ3v) is 6.24. The van der Waals surface area contributed by atoms with Crippen molar-refractivity contribution in [3.63, 3.8) is 0 Å². The van der Waals surface area contributed by atoms with Crippen LogP contribution in [0.4, 0.5) is 0 Å². The number of carbonyl (C=O) groups is 3. The minimum atomic E-state index is -3.96. The fourth-order valence-corrected chi connectivity index (χ4v) is 4.76. The van der Waals surface area contributed by atoms with E-state index in [1.807, 2.05) is 0 Å². The molecule has 1 saturated heterocycles.